The molecule has 1 fully saturated rings. The van der Waals surface area contributed by atoms with E-state index in [0.29, 0.717) is 43.1 Å². The van der Waals surface area contributed by atoms with Crippen LogP contribution >= 0.6 is 11.8 Å². The van der Waals surface area contributed by atoms with Gasteiger partial charge in [0.05, 0.1) is 34.5 Å². The molecule has 1 heterocycles. The van der Waals surface area contributed by atoms with E-state index in [9.17, 15) is 20.3 Å². The highest BCUT2D eigenvalue weighted by Crippen LogP contribution is 2.63. The van der Waals surface area contributed by atoms with Gasteiger partial charge >= 0.3 is 0 Å². The zero-order chi connectivity index (χ0) is 42.2. The van der Waals surface area contributed by atoms with E-state index in [2.05, 4.69) is 49.1 Å². The smallest absolute Gasteiger partial charge is 0.273 e. The van der Waals surface area contributed by atoms with E-state index >= 15 is 0 Å². The lowest BCUT2D eigenvalue weighted by molar-refractivity contribution is -0.384. The number of aliphatic hydroxyl groups excluding tert-OH is 2. The number of thioether (sulfide) groups is 1. The summed E-state index contributed by atoms with van der Waals surface area (Å²) in [6.07, 6.45) is 9.36. The minimum Gasteiger partial charge on any atom is -0.460 e. The van der Waals surface area contributed by atoms with Crippen molar-refractivity contribution in [2.24, 2.45) is 22.9 Å². The number of hydrogen-bond acceptors (Lipinski definition) is 10. The molecule has 1 aliphatic heterocycles. The van der Waals surface area contributed by atoms with Gasteiger partial charge in [-0.2, -0.15) is 0 Å². The van der Waals surface area contributed by atoms with Crippen molar-refractivity contribution in [3.05, 3.63) is 161 Å². The number of unbranched alkanes of at least 4 members (excludes halogenated alkanes) is 2. The van der Waals surface area contributed by atoms with E-state index < -0.39 is 10.7 Å². The van der Waals surface area contributed by atoms with Gasteiger partial charge in [0.25, 0.3) is 5.69 Å². The number of benzene rings is 5. The number of hydrogen-bond donors (Lipinski definition) is 2. The van der Waals surface area contributed by atoms with Crippen LogP contribution in [0.2, 0.25) is 0 Å². The number of non-ortho nitro benzene ring substituents is 1. The van der Waals surface area contributed by atoms with Crippen LogP contribution in [0.5, 0.6) is 17.2 Å². The third kappa shape index (κ3) is 9.26. The highest BCUT2D eigenvalue weighted by molar-refractivity contribution is 8.00. The molecule has 11 heteroatoms. The van der Waals surface area contributed by atoms with E-state index in [0.717, 1.165) is 63.8 Å². The van der Waals surface area contributed by atoms with Crippen molar-refractivity contribution >= 4 is 33.9 Å². The predicted octanol–water partition coefficient (Wildman–Crippen LogP) is 11.2. The quantitative estimate of drug-likeness (QED) is 0.0361. The Morgan fingerprint density at radius 2 is 1.64 bits per heavy atom. The van der Waals surface area contributed by atoms with Crippen LogP contribution in [0.25, 0.3) is 10.8 Å². The third-order valence-corrected chi connectivity index (χ3v) is 13.4. The molecule has 3 aliphatic rings. The largest absolute Gasteiger partial charge is 0.460 e. The van der Waals surface area contributed by atoms with Gasteiger partial charge in [0.2, 0.25) is 5.79 Å². The number of oxime groups is 1. The first-order valence-corrected chi connectivity index (χ1v) is 22.1. The number of ether oxygens (including phenoxy) is 3. The maximum absolute atomic E-state index is 11.6. The van der Waals surface area contributed by atoms with Gasteiger partial charge in [-0.3, -0.25) is 10.1 Å². The molecule has 0 bridgehead atoms. The molecule has 0 aromatic heterocycles. The Morgan fingerprint density at radius 3 is 2.43 bits per heavy atom. The summed E-state index contributed by atoms with van der Waals surface area (Å²) in [4.78, 5) is 18.5. The molecule has 61 heavy (non-hydrogen) atoms. The Balaban J connectivity index is 1.30. The summed E-state index contributed by atoms with van der Waals surface area (Å²) in [5, 5.41) is 38.5. The third-order valence-electron chi connectivity index (χ3n) is 12.1. The Bertz CT molecular complexity index is 2390. The molecule has 10 nitrogen and oxygen atoms in total. The van der Waals surface area contributed by atoms with Crippen LogP contribution in [0.4, 0.5) is 5.69 Å². The molecule has 0 radical (unpaired) electrons. The van der Waals surface area contributed by atoms with Gasteiger partial charge in [-0.05, 0) is 95.8 Å². The average Bonchev–Trinajstić information content (AvgIpc) is 3.28. The molecule has 5 aromatic carbocycles. The number of nitro groups is 1. The minimum atomic E-state index is -1.17. The van der Waals surface area contributed by atoms with Crippen molar-refractivity contribution in [3.8, 4) is 17.2 Å². The second-order valence-corrected chi connectivity index (χ2v) is 17.3. The monoisotopic (exact) mass is 840 g/mol. The Morgan fingerprint density at radius 1 is 0.869 bits per heavy atom. The summed E-state index contributed by atoms with van der Waals surface area (Å²) >= 11 is 1.72. The summed E-state index contributed by atoms with van der Waals surface area (Å²) in [7, 11) is 0. The van der Waals surface area contributed by atoms with Crippen LogP contribution in [-0.2, 0) is 16.2 Å². The van der Waals surface area contributed by atoms with Gasteiger partial charge in [-0.25, -0.2) is 0 Å². The van der Waals surface area contributed by atoms with Crippen LogP contribution < -0.4 is 9.47 Å². The second kappa shape index (κ2) is 19.5. The molecule has 2 aliphatic carbocycles. The Labute approximate surface area is 361 Å². The fraction of sp³-hybridized carbons (Fsp3) is 0.340. The fourth-order valence-electron chi connectivity index (χ4n) is 9.45. The Hall–Kier alpha value is -5.46. The number of aliphatic hydroxyl groups is 2. The zero-order valence-electron chi connectivity index (χ0n) is 34.1. The van der Waals surface area contributed by atoms with Crippen LogP contribution in [0.15, 0.2) is 150 Å². The molecule has 0 saturated heterocycles. The van der Waals surface area contributed by atoms with Crippen molar-refractivity contribution in [1.82, 2.24) is 0 Å². The van der Waals surface area contributed by atoms with Gasteiger partial charge in [0.15, 0.2) is 0 Å². The summed E-state index contributed by atoms with van der Waals surface area (Å²) in [5.74, 6) is 0.111. The number of fused-ring (bicyclic) bond motifs is 3. The zero-order valence-corrected chi connectivity index (χ0v) is 35.0. The minimum absolute atomic E-state index is 0.0573. The van der Waals surface area contributed by atoms with E-state index in [1.54, 1.807) is 30.0 Å². The molecule has 5 aromatic rings. The van der Waals surface area contributed by atoms with Crippen LogP contribution in [0.1, 0.15) is 62.0 Å². The van der Waals surface area contributed by atoms with Crippen LogP contribution in [-0.4, -0.2) is 51.7 Å². The predicted molar refractivity (Wildman–Crippen MR) is 239 cm³/mol. The molecular formula is C50H52N2O8S. The summed E-state index contributed by atoms with van der Waals surface area (Å²) in [6.45, 7) is 4.84. The van der Waals surface area contributed by atoms with Crippen molar-refractivity contribution in [2.45, 2.75) is 73.4 Å². The van der Waals surface area contributed by atoms with Crippen molar-refractivity contribution in [2.75, 3.05) is 19.8 Å². The van der Waals surface area contributed by atoms with Gasteiger partial charge in [0, 0.05) is 42.1 Å². The van der Waals surface area contributed by atoms with Crippen LogP contribution in [0, 0.1) is 27.9 Å². The van der Waals surface area contributed by atoms with E-state index in [1.807, 2.05) is 54.6 Å². The van der Waals surface area contributed by atoms with Gasteiger partial charge in [-0.1, -0.05) is 96.9 Å². The van der Waals surface area contributed by atoms with Crippen LogP contribution in [0.3, 0.4) is 0 Å². The first-order chi connectivity index (χ1) is 29.9. The van der Waals surface area contributed by atoms with Crippen molar-refractivity contribution in [1.29, 1.82) is 0 Å². The average molecular weight is 841 g/mol. The maximum Gasteiger partial charge on any atom is 0.273 e. The van der Waals surface area contributed by atoms with E-state index in [-0.39, 0.29) is 54.4 Å². The lowest BCUT2D eigenvalue weighted by Gasteiger charge is -2.58. The molecule has 8 rings (SSSR count). The number of nitrogens with zero attached hydrogens (tertiary/aromatic N) is 2. The lowest BCUT2D eigenvalue weighted by atomic mass is 9.56. The molecular weight excluding hydrogens is 789 g/mol. The molecule has 6 unspecified atom stereocenters. The normalized spacial score (nSPS) is 23.3. The van der Waals surface area contributed by atoms with E-state index in [4.69, 9.17) is 24.2 Å². The fourth-order valence-corrected chi connectivity index (χ4v) is 10.8. The summed E-state index contributed by atoms with van der Waals surface area (Å²) < 4.78 is 20.9. The standard InChI is InChI=1S/C50H52N2O8S/c1-2-27-57-50-47(61-41-23-21-35-15-6-7-16-36(35)28-41)32-45(51-58-33-34-13-4-3-5-14-34)43-29-37(17-8-10-25-53)42(20-9-11-26-54)48(49(43)50)44-31-40(22-24-46(44)60-50)59-39-19-12-18-38(30-39)52(55)56/h2-7,12-16,18-19,21-24,28-31,37,42,47-49,53-54H,1,8-11,17,20,25-27,32-33H2. The van der Waals surface area contributed by atoms with Gasteiger partial charge in [-0.15, -0.1) is 18.3 Å². The van der Waals surface area contributed by atoms with Gasteiger partial charge < -0.3 is 29.3 Å². The molecule has 316 valence electrons. The molecule has 6 atom stereocenters. The molecule has 0 spiro atoms. The Kier molecular flexibility index (Phi) is 13.5. The summed E-state index contributed by atoms with van der Waals surface area (Å²) in [6, 6.07) is 36.9. The van der Waals surface area contributed by atoms with Gasteiger partial charge in [0.1, 0.15) is 23.9 Å². The number of allylic oxidation sites excluding steroid dienone is 1. The topological polar surface area (TPSA) is 133 Å². The number of rotatable bonds is 19. The molecule has 0 amide bonds. The number of nitro benzene ring substituents is 1. The maximum atomic E-state index is 11.6. The lowest BCUT2D eigenvalue weighted by Crippen LogP contribution is -2.64. The summed E-state index contributed by atoms with van der Waals surface area (Å²) in [5.41, 5.74) is 3.79. The SMILES string of the molecule is C=CCOC12Oc3ccc(Oc4cccc([N+](=O)[O-])c4)cc3C3C(CCCCO)C(CCCCO)C=C(C(=NOCc4ccccc4)CC1Sc1ccc4ccccc4c1)C32. The highest BCUT2D eigenvalue weighted by Gasteiger charge is 2.64. The molecule has 2 N–H and O–H groups in total. The van der Waals surface area contributed by atoms with Crippen molar-refractivity contribution < 1.29 is 34.2 Å². The first kappa shape index (κ1) is 42.2. The van der Waals surface area contributed by atoms with Crippen molar-refractivity contribution in [3.63, 3.8) is 0 Å². The van der Waals surface area contributed by atoms with E-state index in [1.165, 1.54) is 12.1 Å². The first-order valence-electron chi connectivity index (χ1n) is 21.2. The highest BCUT2D eigenvalue weighted by atomic mass is 32.2. The molecule has 1 saturated carbocycles. The second-order valence-electron chi connectivity index (χ2n) is 16.0.